The summed E-state index contributed by atoms with van der Waals surface area (Å²) in [5.74, 6) is 3.85. The largest absolute Gasteiger partial charge is 0.493 e. The van der Waals surface area contributed by atoms with Gasteiger partial charge in [-0.05, 0) is 23.3 Å². The van der Waals surface area contributed by atoms with E-state index in [0.29, 0.717) is 24.7 Å². The average molecular weight is 324 g/mol. The zero-order valence-corrected chi connectivity index (χ0v) is 13.6. The van der Waals surface area contributed by atoms with Gasteiger partial charge in [-0.15, -0.1) is 6.42 Å². The quantitative estimate of drug-likeness (QED) is 0.551. The summed E-state index contributed by atoms with van der Waals surface area (Å²) in [4.78, 5) is 0. The van der Waals surface area contributed by atoms with Crippen molar-refractivity contribution in [1.29, 1.82) is 0 Å². The van der Waals surface area contributed by atoms with Gasteiger partial charge in [0, 0.05) is 0 Å². The van der Waals surface area contributed by atoms with E-state index in [-0.39, 0.29) is 18.8 Å². The van der Waals surface area contributed by atoms with Crippen molar-refractivity contribution in [3.63, 3.8) is 0 Å². The van der Waals surface area contributed by atoms with Crippen LogP contribution in [-0.4, -0.2) is 26.4 Å². The fraction of sp³-hybridized carbons (Fsp3) is 0.300. The zero-order chi connectivity index (χ0) is 16.8. The van der Waals surface area contributed by atoms with Gasteiger partial charge in [-0.25, -0.2) is 0 Å². The lowest BCUT2D eigenvalue weighted by Gasteiger charge is -2.17. The molecule has 1 aliphatic heterocycles. The van der Waals surface area contributed by atoms with E-state index in [1.807, 2.05) is 48.5 Å². The fourth-order valence-electron chi connectivity index (χ4n) is 2.50. The number of benzene rings is 2. The van der Waals surface area contributed by atoms with Crippen LogP contribution in [0.4, 0.5) is 0 Å². The summed E-state index contributed by atoms with van der Waals surface area (Å²) < 4.78 is 22.4. The van der Waals surface area contributed by atoms with Crippen LogP contribution in [0.5, 0.6) is 11.5 Å². The Labute approximate surface area is 142 Å². The number of epoxide rings is 1. The number of ether oxygens (including phenoxy) is 4. The first-order valence-corrected chi connectivity index (χ1v) is 7.83. The molecule has 4 nitrogen and oxygen atoms in total. The lowest BCUT2D eigenvalue weighted by molar-refractivity contribution is 0.0540. The normalized spacial score (nSPS) is 16.9. The van der Waals surface area contributed by atoms with Gasteiger partial charge in [0.2, 0.25) is 0 Å². The molecule has 24 heavy (non-hydrogen) atoms. The number of terminal acetylenes is 1. The smallest absolute Gasteiger partial charge is 0.161 e. The first kappa shape index (κ1) is 16.4. The molecule has 1 heterocycles. The molecule has 4 heteroatoms. The van der Waals surface area contributed by atoms with E-state index in [4.69, 9.17) is 25.4 Å². The molecule has 1 aliphatic rings. The Balaban J connectivity index is 1.73. The van der Waals surface area contributed by atoms with Crippen molar-refractivity contribution >= 4 is 0 Å². The molecule has 0 spiro atoms. The monoisotopic (exact) mass is 324 g/mol. The zero-order valence-electron chi connectivity index (χ0n) is 13.6. The highest BCUT2D eigenvalue weighted by Gasteiger charge is 2.35. The molecule has 3 rings (SSSR count). The van der Waals surface area contributed by atoms with Gasteiger partial charge in [0.25, 0.3) is 0 Å². The van der Waals surface area contributed by atoms with Gasteiger partial charge < -0.3 is 18.9 Å². The summed E-state index contributed by atoms with van der Waals surface area (Å²) in [5.41, 5.74) is 2.07. The van der Waals surface area contributed by atoms with Crippen LogP contribution < -0.4 is 9.47 Å². The van der Waals surface area contributed by atoms with Crippen LogP contribution in [-0.2, 0) is 16.1 Å². The van der Waals surface area contributed by atoms with E-state index in [2.05, 4.69) is 5.92 Å². The lowest BCUT2D eigenvalue weighted by Crippen LogP contribution is -2.11. The minimum Gasteiger partial charge on any atom is -0.493 e. The second-order valence-corrected chi connectivity index (χ2v) is 5.49. The molecule has 2 atom stereocenters. The van der Waals surface area contributed by atoms with Crippen LogP contribution in [0, 0.1) is 12.3 Å². The van der Waals surface area contributed by atoms with Crippen LogP contribution in [0.15, 0.2) is 48.5 Å². The minimum absolute atomic E-state index is 0.0548. The molecular formula is C20H20O4. The average Bonchev–Trinajstić information content (AvgIpc) is 3.46. The van der Waals surface area contributed by atoms with E-state index in [1.165, 1.54) is 0 Å². The van der Waals surface area contributed by atoms with Crippen molar-refractivity contribution in [2.75, 3.05) is 20.3 Å². The Morgan fingerprint density at radius 2 is 2.00 bits per heavy atom. The van der Waals surface area contributed by atoms with E-state index in [9.17, 15) is 0 Å². The third-order valence-electron chi connectivity index (χ3n) is 3.80. The maximum Gasteiger partial charge on any atom is 0.161 e. The van der Waals surface area contributed by atoms with Crippen molar-refractivity contribution in [2.24, 2.45) is 0 Å². The van der Waals surface area contributed by atoms with Crippen LogP contribution in [0.1, 0.15) is 17.2 Å². The van der Waals surface area contributed by atoms with Crippen molar-refractivity contribution < 1.29 is 18.9 Å². The first-order valence-electron chi connectivity index (χ1n) is 7.83. The Bertz CT molecular complexity index is 701. The van der Waals surface area contributed by atoms with Crippen LogP contribution in [0.3, 0.4) is 0 Å². The highest BCUT2D eigenvalue weighted by Crippen LogP contribution is 2.36. The predicted molar refractivity (Wildman–Crippen MR) is 91.0 cm³/mol. The van der Waals surface area contributed by atoms with Gasteiger partial charge in [0.1, 0.15) is 25.4 Å². The number of hydrogen-bond donors (Lipinski definition) is 0. The molecule has 0 N–H and O–H groups in total. The summed E-state index contributed by atoms with van der Waals surface area (Å²) in [7, 11) is 1.62. The molecule has 2 aromatic carbocycles. The second kappa shape index (κ2) is 7.87. The molecule has 0 aromatic heterocycles. The highest BCUT2D eigenvalue weighted by molar-refractivity contribution is 5.44. The summed E-state index contributed by atoms with van der Waals surface area (Å²) in [5, 5.41) is 0. The summed E-state index contributed by atoms with van der Waals surface area (Å²) >= 11 is 0. The van der Waals surface area contributed by atoms with Crippen molar-refractivity contribution in [3.05, 3.63) is 59.7 Å². The lowest BCUT2D eigenvalue weighted by atomic mass is 10.1. The molecule has 0 radical (unpaired) electrons. The van der Waals surface area contributed by atoms with E-state index >= 15 is 0 Å². The maximum absolute atomic E-state index is 5.88. The van der Waals surface area contributed by atoms with Gasteiger partial charge in [-0.2, -0.15) is 0 Å². The molecule has 1 fully saturated rings. The second-order valence-electron chi connectivity index (χ2n) is 5.49. The van der Waals surface area contributed by atoms with Gasteiger partial charge >= 0.3 is 0 Å². The summed E-state index contributed by atoms with van der Waals surface area (Å²) in [6.45, 7) is 1.42. The number of methoxy groups -OCH3 is 1. The fourth-order valence-corrected chi connectivity index (χ4v) is 2.50. The molecule has 0 saturated carbocycles. The number of hydrogen-bond acceptors (Lipinski definition) is 4. The molecule has 0 bridgehead atoms. The molecular weight excluding hydrogens is 304 g/mol. The van der Waals surface area contributed by atoms with Crippen molar-refractivity contribution in [1.82, 2.24) is 0 Å². The topological polar surface area (TPSA) is 40.2 Å². The van der Waals surface area contributed by atoms with Gasteiger partial charge in [-0.3, -0.25) is 0 Å². The van der Waals surface area contributed by atoms with Gasteiger partial charge in [0.05, 0.1) is 13.7 Å². The first-order chi connectivity index (χ1) is 11.8. The maximum atomic E-state index is 5.88. The standard InChI is InChI=1S/C20H20O4/c1-3-11-22-20(19-14-24-19)16-9-10-17(18(12-16)21-2)23-13-15-7-5-4-6-8-15/h1,4-10,12,19-20H,11,13-14H2,2H3. The van der Waals surface area contributed by atoms with Crippen LogP contribution >= 0.6 is 0 Å². The molecule has 0 aliphatic carbocycles. The van der Waals surface area contributed by atoms with Crippen molar-refractivity contribution in [3.8, 4) is 23.8 Å². The summed E-state index contributed by atoms with van der Waals surface area (Å²) in [6, 6.07) is 15.8. The highest BCUT2D eigenvalue weighted by atomic mass is 16.6. The Morgan fingerprint density at radius 1 is 1.21 bits per heavy atom. The van der Waals surface area contributed by atoms with E-state index < -0.39 is 0 Å². The van der Waals surface area contributed by atoms with Gasteiger partial charge in [0.15, 0.2) is 11.5 Å². The molecule has 124 valence electrons. The van der Waals surface area contributed by atoms with Crippen LogP contribution in [0.2, 0.25) is 0 Å². The van der Waals surface area contributed by atoms with Crippen LogP contribution in [0.25, 0.3) is 0 Å². The van der Waals surface area contributed by atoms with Gasteiger partial charge in [-0.1, -0.05) is 42.3 Å². The van der Waals surface area contributed by atoms with E-state index in [0.717, 1.165) is 11.1 Å². The third-order valence-corrected chi connectivity index (χ3v) is 3.80. The summed E-state index contributed by atoms with van der Waals surface area (Å²) in [6.07, 6.45) is 5.16. The molecule has 0 amide bonds. The number of rotatable bonds is 8. The Morgan fingerprint density at radius 3 is 2.67 bits per heavy atom. The molecule has 1 saturated heterocycles. The molecule has 2 unspecified atom stereocenters. The third kappa shape index (κ3) is 4.08. The van der Waals surface area contributed by atoms with E-state index in [1.54, 1.807) is 7.11 Å². The minimum atomic E-state index is -0.182. The predicted octanol–water partition coefficient (Wildman–Crippen LogP) is 3.36. The Kier molecular flexibility index (Phi) is 5.37. The molecule has 2 aromatic rings. The SMILES string of the molecule is C#CCOC(c1ccc(OCc2ccccc2)c(OC)c1)C1CO1. The van der Waals surface area contributed by atoms with Crippen molar-refractivity contribution in [2.45, 2.75) is 18.8 Å². The Hall–Kier alpha value is -2.48.